The van der Waals surface area contributed by atoms with Gasteiger partial charge in [0.1, 0.15) is 12.4 Å². The number of methoxy groups -OCH3 is 1. The SMILES string of the molecule is COc1ccc2nc(CF)cc(Br)c2c1. The van der Waals surface area contributed by atoms with Crippen LogP contribution in [0.5, 0.6) is 5.75 Å². The minimum atomic E-state index is -0.555. The first-order valence-electron chi connectivity index (χ1n) is 4.43. The minimum absolute atomic E-state index is 0.430. The van der Waals surface area contributed by atoms with Crippen LogP contribution in [0.4, 0.5) is 4.39 Å². The number of hydrogen-bond acceptors (Lipinski definition) is 2. The van der Waals surface area contributed by atoms with E-state index in [2.05, 4.69) is 20.9 Å². The smallest absolute Gasteiger partial charge is 0.131 e. The van der Waals surface area contributed by atoms with E-state index in [-0.39, 0.29) is 0 Å². The third-order valence-corrected chi connectivity index (χ3v) is 2.81. The van der Waals surface area contributed by atoms with E-state index in [4.69, 9.17) is 4.74 Å². The second kappa shape index (κ2) is 4.14. The Balaban J connectivity index is 2.68. The number of fused-ring (bicyclic) bond motifs is 1. The Morgan fingerprint density at radius 3 is 2.87 bits per heavy atom. The van der Waals surface area contributed by atoms with Gasteiger partial charge in [-0.15, -0.1) is 0 Å². The largest absolute Gasteiger partial charge is 0.497 e. The predicted octanol–water partition coefficient (Wildman–Crippen LogP) is 3.48. The molecule has 15 heavy (non-hydrogen) atoms. The highest BCUT2D eigenvalue weighted by Crippen LogP contribution is 2.27. The van der Waals surface area contributed by atoms with Gasteiger partial charge in [-0.1, -0.05) is 15.9 Å². The molecule has 0 N–H and O–H groups in total. The monoisotopic (exact) mass is 269 g/mol. The second-order valence-corrected chi connectivity index (χ2v) is 3.97. The zero-order chi connectivity index (χ0) is 10.8. The molecule has 2 aromatic rings. The van der Waals surface area contributed by atoms with Crippen molar-refractivity contribution in [1.29, 1.82) is 0 Å². The lowest BCUT2D eigenvalue weighted by Crippen LogP contribution is -1.89. The summed E-state index contributed by atoms with van der Waals surface area (Å²) in [5.41, 5.74) is 1.19. The van der Waals surface area contributed by atoms with Crippen LogP contribution in [-0.2, 0) is 6.67 Å². The van der Waals surface area contributed by atoms with Gasteiger partial charge in [0.25, 0.3) is 0 Å². The van der Waals surface area contributed by atoms with E-state index in [1.165, 1.54) is 0 Å². The summed E-state index contributed by atoms with van der Waals surface area (Å²) in [4.78, 5) is 4.17. The Morgan fingerprint density at radius 2 is 2.20 bits per heavy atom. The number of nitrogens with zero attached hydrogens (tertiary/aromatic N) is 1. The van der Waals surface area contributed by atoms with Crippen molar-refractivity contribution in [2.24, 2.45) is 0 Å². The maximum atomic E-state index is 12.5. The maximum absolute atomic E-state index is 12.5. The van der Waals surface area contributed by atoms with Crippen LogP contribution >= 0.6 is 15.9 Å². The van der Waals surface area contributed by atoms with Crippen LogP contribution in [0.3, 0.4) is 0 Å². The predicted molar refractivity (Wildman–Crippen MR) is 60.8 cm³/mol. The van der Waals surface area contributed by atoms with E-state index >= 15 is 0 Å². The Hall–Kier alpha value is -1.16. The molecule has 4 heteroatoms. The van der Waals surface area contributed by atoms with Crippen LogP contribution in [0.25, 0.3) is 10.9 Å². The molecule has 0 amide bonds. The molecule has 1 aromatic heterocycles. The summed E-state index contributed by atoms with van der Waals surface area (Å²) in [6, 6.07) is 7.18. The van der Waals surface area contributed by atoms with Crippen molar-refractivity contribution < 1.29 is 9.13 Å². The van der Waals surface area contributed by atoms with Gasteiger partial charge in [-0.2, -0.15) is 0 Å². The molecule has 0 aliphatic rings. The Bertz CT molecular complexity index is 501. The van der Waals surface area contributed by atoms with Crippen molar-refractivity contribution in [2.75, 3.05) is 7.11 Å². The summed E-state index contributed by atoms with van der Waals surface area (Å²) in [6.07, 6.45) is 0. The Labute approximate surface area is 95.2 Å². The minimum Gasteiger partial charge on any atom is -0.497 e. The molecule has 78 valence electrons. The van der Waals surface area contributed by atoms with Gasteiger partial charge in [-0.3, -0.25) is 0 Å². The van der Waals surface area contributed by atoms with Crippen LogP contribution in [-0.4, -0.2) is 12.1 Å². The first-order valence-corrected chi connectivity index (χ1v) is 5.23. The Morgan fingerprint density at radius 1 is 1.40 bits per heavy atom. The molecule has 0 aliphatic carbocycles. The fraction of sp³-hybridized carbons (Fsp3) is 0.182. The third-order valence-electron chi connectivity index (χ3n) is 2.16. The van der Waals surface area contributed by atoms with Crippen molar-refractivity contribution in [3.63, 3.8) is 0 Å². The van der Waals surface area contributed by atoms with Crippen LogP contribution in [0.1, 0.15) is 5.69 Å². The van der Waals surface area contributed by atoms with Crippen molar-refractivity contribution in [3.05, 3.63) is 34.4 Å². The lowest BCUT2D eigenvalue weighted by molar-refractivity contribution is 0.415. The normalized spacial score (nSPS) is 10.6. The van der Waals surface area contributed by atoms with Crippen LogP contribution in [0, 0.1) is 0 Å². The highest BCUT2D eigenvalue weighted by molar-refractivity contribution is 9.10. The van der Waals surface area contributed by atoms with Crippen LogP contribution < -0.4 is 4.74 Å². The topological polar surface area (TPSA) is 22.1 Å². The number of ether oxygens (including phenoxy) is 1. The highest BCUT2D eigenvalue weighted by Gasteiger charge is 2.04. The number of alkyl halides is 1. The quantitative estimate of drug-likeness (QED) is 0.833. The standard InChI is InChI=1S/C11H9BrFNO/c1-15-8-2-3-11-9(5-8)10(12)4-7(6-13)14-11/h2-5H,6H2,1H3. The van der Waals surface area contributed by atoms with Gasteiger partial charge in [0.15, 0.2) is 0 Å². The molecule has 2 rings (SSSR count). The van der Waals surface area contributed by atoms with E-state index in [1.807, 2.05) is 18.2 Å². The van der Waals surface area contributed by atoms with Crippen molar-refractivity contribution in [1.82, 2.24) is 4.98 Å². The van der Waals surface area contributed by atoms with E-state index in [0.717, 1.165) is 21.1 Å². The number of halogens is 2. The molecule has 0 atom stereocenters. The van der Waals surface area contributed by atoms with Gasteiger partial charge >= 0.3 is 0 Å². The van der Waals surface area contributed by atoms with Gasteiger partial charge < -0.3 is 4.74 Å². The zero-order valence-corrected chi connectivity index (χ0v) is 9.71. The molecular weight excluding hydrogens is 261 g/mol. The van der Waals surface area contributed by atoms with Crippen LogP contribution in [0.2, 0.25) is 0 Å². The van der Waals surface area contributed by atoms with Gasteiger partial charge in [-0.25, -0.2) is 9.37 Å². The number of pyridine rings is 1. The number of aromatic nitrogens is 1. The third kappa shape index (κ3) is 1.95. The second-order valence-electron chi connectivity index (χ2n) is 3.11. The first kappa shape index (κ1) is 10.4. The molecule has 0 bridgehead atoms. The first-order chi connectivity index (χ1) is 7.24. The summed E-state index contributed by atoms with van der Waals surface area (Å²) in [7, 11) is 1.61. The zero-order valence-electron chi connectivity index (χ0n) is 8.13. The summed E-state index contributed by atoms with van der Waals surface area (Å²) in [6.45, 7) is -0.555. The van der Waals surface area contributed by atoms with E-state index in [0.29, 0.717) is 5.69 Å². The molecule has 0 fully saturated rings. The fourth-order valence-electron chi connectivity index (χ4n) is 1.41. The summed E-state index contributed by atoms with van der Waals surface area (Å²) >= 11 is 3.39. The lowest BCUT2D eigenvalue weighted by atomic mass is 10.2. The Kier molecular flexibility index (Phi) is 2.86. The molecule has 0 aliphatic heterocycles. The summed E-state index contributed by atoms with van der Waals surface area (Å²) in [5, 5.41) is 0.923. The molecule has 1 aromatic carbocycles. The van der Waals surface area contributed by atoms with E-state index in [9.17, 15) is 4.39 Å². The molecule has 0 unspecified atom stereocenters. The number of hydrogen-bond donors (Lipinski definition) is 0. The fourth-order valence-corrected chi connectivity index (χ4v) is 1.99. The average Bonchev–Trinajstić information content (AvgIpc) is 2.28. The van der Waals surface area contributed by atoms with Gasteiger partial charge in [-0.05, 0) is 24.3 Å². The molecule has 0 saturated carbocycles. The van der Waals surface area contributed by atoms with Crippen molar-refractivity contribution in [2.45, 2.75) is 6.67 Å². The molecule has 0 radical (unpaired) electrons. The van der Waals surface area contributed by atoms with Crippen LogP contribution in [0.15, 0.2) is 28.7 Å². The van der Waals surface area contributed by atoms with Gasteiger partial charge in [0.05, 0.1) is 18.3 Å². The maximum Gasteiger partial charge on any atom is 0.131 e. The highest BCUT2D eigenvalue weighted by atomic mass is 79.9. The molecule has 0 saturated heterocycles. The van der Waals surface area contributed by atoms with E-state index in [1.54, 1.807) is 13.2 Å². The molecule has 0 spiro atoms. The van der Waals surface area contributed by atoms with E-state index < -0.39 is 6.67 Å². The van der Waals surface area contributed by atoms with Gasteiger partial charge in [0, 0.05) is 9.86 Å². The molecule has 2 nitrogen and oxygen atoms in total. The van der Waals surface area contributed by atoms with Gasteiger partial charge in [0.2, 0.25) is 0 Å². The average molecular weight is 270 g/mol. The number of rotatable bonds is 2. The molecular formula is C11H9BrFNO. The lowest BCUT2D eigenvalue weighted by Gasteiger charge is -2.05. The van der Waals surface area contributed by atoms with Crippen molar-refractivity contribution >= 4 is 26.8 Å². The number of benzene rings is 1. The van der Waals surface area contributed by atoms with Crippen molar-refractivity contribution in [3.8, 4) is 5.75 Å². The summed E-state index contributed by atoms with van der Waals surface area (Å²) < 4.78 is 18.4. The molecule has 1 heterocycles. The summed E-state index contributed by atoms with van der Waals surface area (Å²) in [5.74, 6) is 0.762.